The van der Waals surface area contributed by atoms with Gasteiger partial charge in [0.15, 0.2) is 17.8 Å². The maximum absolute atomic E-state index is 14.2. The lowest BCUT2D eigenvalue weighted by Crippen LogP contribution is -2.58. The Kier molecular flexibility index (Phi) is 10.9. The van der Waals surface area contributed by atoms with Gasteiger partial charge in [-0.05, 0) is 62.4 Å². The SMILES string of the molecule is Cc1nc(COc2ccc(CC(NC(=O)OC3COC4OCCC34)C(O)CN(C(C)(O)C(C)C)S(=O)(=O)c3ccc4c(c3)OCO4)cc2)cs1. The van der Waals surface area contributed by atoms with Crippen LogP contribution in [0.5, 0.6) is 17.2 Å². The molecule has 1 aromatic heterocycles. The number of thiazole rings is 1. The van der Waals surface area contributed by atoms with Crippen molar-refractivity contribution in [1.82, 2.24) is 14.6 Å². The smallest absolute Gasteiger partial charge is 0.407 e. The molecule has 16 heteroatoms. The molecule has 0 aliphatic carbocycles. The number of amides is 1. The number of sulfonamides is 1. The first-order chi connectivity index (χ1) is 23.8. The molecule has 2 aromatic carbocycles. The Morgan fingerprint density at radius 2 is 1.92 bits per heavy atom. The van der Waals surface area contributed by atoms with Crippen molar-refractivity contribution in [2.45, 2.75) is 82.3 Å². The Balaban J connectivity index is 1.22. The molecule has 6 atom stereocenters. The third-order valence-corrected chi connectivity index (χ3v) is 12.1. The zero-order chi connectivity index (χ0) is 35.6. The summed E-state index contributed by atoms with van der Waals surface area (Å²) in [6.07, 6.45) is -2.48. The summed E-state index contributed by atoms with van der Waals surface area (Å²) in [5.74, 6) is 0.560. The van der Waals surface area contributed by atoms with E-state index in [2.05, 4.69) is 10.3 Å². The van der Waals surface area contributed by atoms with Gasteiger partial charge in [-0.25, -0.2) is 18.2 Å². The number of alkyl carbamates (subject to hydrolysis) is 1. The van der Waals surface area contributed by atoms with Gasteiger partial charge in [0.2, 0.25) is 16.8 Å². The molecule has 6 unspecified atom stereocenters. The minimum atomic E-state index is -4.42. The topological polar surface area (TPSA) is 175 Å². The van der Waals surface area contributed by atoms with Crippen molar-refractivity contribution in [3.05, 3.63) is 64.1 Å². The maximum Gasteiger partial charge on any atom is 0.407 e. The van der Waals surface area contributed by atoms with E-state index in [1.807, 2.05) is 12.3 Å². The van der Waals surface area contributed by atoms with Crippen LogP contribution >= 0.6 is 11.3 Å². The molecule has 3 aliphatic heterocycles. The molecule has 1 amide bonds. The third-order valence-electron chi connectivity index (χ3n) is 9.33. The molecule has 3 N–H and O–H groups in total. The van der Waals surface area contributed by atoms with Crippen LogP contribution in [0.25, 0.3) is 0 Å². The van der Waals surface area contributed by atoms with Crippen molar-refractivity contribution in [3.8, 4) is 17.2 Å². The van der Waals surface area contributed by atoms with Gasteiger partial charge in [0.1, 0.15) is 24.2 Å². The Labute approximate surface area is 295 Å². The monoisotopic (exact) mass is 733 g/mol. The molecule has 6 rings (SSSR count). The second-order valence-corrected chi connectivity index (χ2v) is 16.0. The fourth-order valence-electron chi connectivity index (χ4n) is 6.04. The quantitative estimate of drug-likeness (QED) is 0.206. The molecule has 0 bridgehead atoms. The van der Waals surface area contributed by atoms with Gasteiger partial charge in [-0.15, -0.1) is 11.3 Å². The predicted molar refractivity (Wildman–Crippen MR) is 180 cm³/mol. The largest absolute Gasteiger partial charge is 0.487 e. The van der Waals surface area contributed by atoms with Gasteiger partial charge in [-0.3, -0.25) is 0 Å². The Morgan fingerprint density at radius 3 is 2.64 bits per heavy atom. The van der Waals surface area contributed by atoms with Gasteiger partial charge in [-0.2, -0.15) is 4.31 Å². The number of fused-ring (bicyclic) bond motifs is 2. The van der Waals surface area contributed by atoms with Crippen molar-refractivity contribution in [3.63, 3.8) is 0 Å². The number of benzene rings is 2. The van der Waals surface area contributed by atoms with Crippen LogP contribution in [0.1, 0.15) is 43.5 Å². The number of aryl methyl sites for hydroxylation is 1. The normalized spacial score (nSPS) is 22.3. The molecule has 14 nitrogen and oxygen atoms in total. The summed E-state index contributed by atoms with van der Waals surface area (Å²) in [5, 5.41) is 29.0. The number of hydrogen-bond acceptors (Lipinski definition) is 13. The predicted octanol–water partition coefficient (Wildman–Crippen LogP) is 3.57. The van der Waals surface area contributed by atoms with E-state index in [0.717, 1.165) is 20.6 Å². The first-order valence-electron chi connectivity index (χ1n) is 16.5. The number of aliphatic hydroxyl groups is 2. The van der Waals surface area contributed by atoms with Crippen molar-refractivity contribution in [2.75, 3.05) is 26.6 Å². The molecule has 3 aliphatic rings. The van der Waals surface area contributed by atoms with Gasteiger partial charge in [0.05, 0.1) is 46.9 Å². The van der Waals surface area contributed by atoms with E-state index in [1.54, 1.807) is 49.4 Å². The van der Waals surface area contributed by atoms with Crippen LogP contribution in [-0.4, -0.2) is 90.8 Å². The fourth-order valence-corrected chi connectivity index (χ4v) is 8.43. The van der Waals surface area contributed by atoms with Crippen LogP contribution in [0.2, 0.25) is 0 Å². The van der Waals surface area contributed by atoms with Gasteiger partial charge in [0.25, 0.3) is 0 Å². The lowest BCUT2D eigenvalue weighted by atomic mass is 9.98. The number of ether oxygens (including phenoxy) is 6. The minimum Gasteiger partial charge on any atom is -0.487 e. The lowest BCUT2D eigenvalue weighted by molar-refractivity contribution is -0.0951. The number of aliphatic hydroxyl groups excluding tert-OH is 1. The molecule has 50 heavy (non-hydrogen) atoms. The number of nitrogens with one attached hydrogen (secondary N) is 1. The minimum absolute atomic E-state index is 0.0472. The molecule has 3 aromatic rings. The van der Waals surface area contributed by atoms with E-state index in [1.165, 1.54) is 25.1 Å². The summed E-state index contributed by atoms with van der Waals surface area (Å²) >= 11 is 1.54. The second kappa shape index (κ2) is 15.0. The highest BCUT2D eigenvalue weighted by Crippen LogP contribution is 2.37. The number of carbonyl (C=O) groups is 1. The van der Waals surface area contributed by atoms with Crippen LogP contribution in [0.4, 0.5) is 4.79 Å². The first-order valence-corrected chi connectivity index (χ1v) is 18.8. The zero-order valence-electron chi connectivity index (χ0n) is 28.3. The number of hydrogen-bond donors (Lipinski definition) is 3. The van der Waals surface area contributed by atoms with Gasteiger partial charge in [-0.1, -0.05) is 26.0 Å². The summed E-state index contributed by atoms with van der Waals surface area (Å²) in [7, 11) is -4.42. The Morgan fingerprint density at radius 1 is 1.16 bits per heavy atom. The zero-order valence-corrected chi connectivity index (χ0v) is 29.9. The van der Waals surface area contributed by atoms with E-state index in [0.29, 0.717) is 31.1 Å². The van der Waals surface area contributed by atoms with Crippen LogP contribution < -0.4 is 19.5 Å². The summed E-state index contributed by atoms with van der Waals surface area (Å²) < 4.78 is 62.7. The van der Waals surface area contributed by atoms with Crippen molar-refractivity contribution in [1.29, 1.82) is 0 Å². The fraction of sp³-hybridized carbons (Fsp3) is 0.529. The number of carbonyl (C=O) groups excluding carboxylic acids is 1. The van der Waals surface area contributed by atoms with Crippen LogP contribution in [-0.2, 0) is 37.3 Å². The summed E-state index contributed by atoms with van der Waals surface area (Å²) in [6, 6.07) is 10.3. The molecular formula is C34H43N3O11S2. The van der Waals surface area contributed by atoms with Crippen LogP contribution in [0.3, 0.4) is 0 Å². The van der Waals surface area contributed by atoms with E-state index in [9.17, 15) is 23.4 Å². The van der Waals surface area contributed by atoms with E-state index in [-0.39, 0.29) is 36.4 Å². The molecule has 2 saturated heterocycles. The Bertz CT molecular complexity index is 1750. The standard InChI is InChI=1S/C34H43N3O11S2/c1-20(2)34(4,40)37(50(41,42)25-9-10-29-30(14-25)47-19-46-29)15-28(38)27(36-33(39)48-31-17-45-32-26(31)11-12-43-32)13-22-5-7-24(8-6-22)44-16-23-18-49-21(3)35-23/h5-10,14,18,20,26-28,31-32,38,40H,11-13,15-17,19H2,1-4H3,(H,36,39). The number of aromatic nitrogens is 1. The van der Waals surface area contributed by atoms with Gasteiger partial charge in [0, 0.05) is 18.0 Å². The summed E-state index contributed by atoms with van der Waals surface area (Å²) in [6.45, 7) is 7.02. The highest BCUT2D eigenvalue weighted by atomic mass is 32.2. The highest BCUT2D eigenvalue weighted by molar-refractivity contribution is 7.89. The molecule has 272 valence electrons. The lowest BCUT2D eigenvalue weighted by Gasteiger charge is -2.41. The van der Waals surface area contributed by atoms with E-state index in [4.69, 9.17) is 28.4 Å². The van der Waals surface area contributed by atoms with Crippen molar-refractivity contribution < 1.29 is 51.8 Å². The number of rotatable bonds is 14. The molecule has 2 fully saturated rings. The Hall–Kier alpha value is -3.51. The average Bonchev–Trinajstić information content (AvgIpc) is 3.89. The summed E-state index contributed by atoms with van der Waals surface area (Å²) in [4.78, 5) is 17.6. The van der Waals surface area contributed by atoms with Gasteiger partial charge >= 0.3 is 6.09 Å². The number of nitrogens with zero attached hydrogens (tertiary/aromatic N) is 2. The van der Waals surface area contributed by atoms with Gasteiger partial charge < -0.3 is 44.0 Å². The van der Waals surface area contributed by atoms with Crippen molar-refractivity contribution >= 4 is 27.5 Å². The molecular weight excluding hydrogens is 691 g/mol. The van der Waals surface area contributed by atoms with Crippen LogP contribution in [0, 0.1) is 18.8 Å². The molecule has 0 saturated carbocycles. The van der Waals surface area contributed by atoms with Crippen LogP contribution in [0.15, 0.2) is 52.7 Å². The maximum atomic E-state index is 14.2. The molecule has 4 heterocycles. The first kappa shape index (κ1) is 36.3. The van der Waals surface area contributed by atoms with E-state index < -0.39 is 58.8 Å². The van der Waals surface area contributed by atoms with E-state index >= 15 is 0 Å². The average molecular weight is 734 g/mol. The highest BCUT2D eigenvalue weighted by Gasteiger charge is 2.46. The molecule has 0 spiro atoms. The third kappa shape index (κ3) is 8.01. The second-order valence-electron chi connectivity index (χ2n) is 13.1. The van der Waals surface area contributed by atoms with Crippen molar-refractivity contribution in [2.24, 2.45) is 11.8 Å². The summed E-state index contributed by atoms with van der Waals surface area (Å²) in [5.41, 5.74) is -0.391. The molecule has 0 radical (unpaired) electrons.